The van der Waals surface area contributed by atoms with Gasteiger partial charge in [0.25, 0.3) is 5.91 Å². The molecule has 2 rings (SSSR count). The summed E-state index contributed by atoms with van der Waals surface area (Å²) in [5, 5.41) is 0. The number of hydrogen-bond acceptors (Lipinski definition) is 2. The molecule has 0 aliphatic rings. The second-order valence-electron chi connectivity index (χ2n) is 4.20. The third-order valence-corrected chi connectivity index (χ3v) is 3.38. The maximum atomic E-state index is 12.5. The molecule has 0 saturated carbocycles. The standard InChI is InChI=1S/C15H15BrN2O/c1-3-18(14-7-5-4-6-11(14)2)15(19)13-9-8-12(16)10-17-13/h4-10H,3H2,1-2H3. The largest absolute Gasteiger partial charge is 0.307 e. The first-order chi connectivity index (χ1) is 9.13. The first-order valence-corrected chi connectivity index (χ1v) is 6.92. The number of carbonyl (C=O) groups is 1. The molecule has 0 aliphatic heterocycles. The highest BCUT2D eigenvalue weighted by molar-refractivity contribution is 9.10. The van der Waals surface area contributed by atoms with Gasteiger partial charge in [0.05, 0.1) is 0 Å². The molecule has 0 atom stereocenters. The number of anilines is 1. The lowest BCUT2D eigenvalue weighted by atomic mass is 10.1. The molecule has 19 heavy (non-hydrogen) atoms. The van der Waals surface area contributed by atoms with Gasteiger partial charge in [-0.3, -0.25) is 4.79 Å². The molecular formula is C15H15BrN2O. The third kappa shape index (κ3) is 3.01. The number of carbonyl (C=O) groups excluding carboxylic acids is 1. The summed E-state index contributed by atoms with van der Waals surface area (Å²) in [5.41, 5.74) is 2.46. The van der Waals surface area contributed by atoms with E-state index >= 15 is 0 Å². The van der Waals surface area contributed by atoms with Crippen molar-refractivity contribution in [1.82, 2.24) is 4.98 Å². The van der Waals surface area contributed by atoms with Crippen molar-refractivity contribution in [2.75, 3.05) is 11.4 Å². The Morgan fingerprint density at radius 3 is 2.58 bits per heavy atom. The number of para-hydroxylation sites is 1. The van der Waals surface area contributed by atoms with Gasteiger partial charge in [-0.1, -0.05) is 18.2 Å². The Morgan fingerprint density at radius 1 is 1.26 bits per heavy atom. The van der Waals surface area contributed by atoms with Crippen LogP contribution in [-0.4, -0.2) is 17.4 Å². The lowest BCUT2D eigenvalue weighted by Gasteiger charge is -2.22. The molecule has 0 saturated heterocycles. The number of aryl methyl sites for hydroxylation is 1. The lowest BCUT2D eigenvalue weighted by Crippen LogP contribution is -2.31. The fourth-order valence-corrected chi connectivity index (χ4v) is 2.16. The van der Waals surface area contributed by atoms with Crippen molar-refractivity contribution < 1.29 is 4.79 Å². The molecule has 0 fully saturated rings. The van der Waals surface area contributed by atoms with Crippen LogP contribution in [0.3, 0.4) is 0 Å². The Balaban J connectivity index is 2.35. The topological polar surface area (TPSA) is 33.2 Å². The quantitative estimate of drug-likeness (QED) is 0.862. The maximum Gasteiger partial charge on any atom is 0.276 e. The van der Waals surface area contributed by atoms with Crippen molar-refractivity contribution in [2.45, 2.75) is 13.8 Å². The number of nitrogens with zero attached hydrogens (tertiary/aromatic N) is 2. The zero-order valence-corrected chi connectivity index (χ0v) is 12.5. The highest BCUT2D eigenvalue weighted by atomic mass is 79.9. The van der Waals surface area contributed by atoms with Crippen LogP contribution >= 0.6 is 15.9 Å². The molecule has 0 unspecified atom stereocenters. The summed E-state index contributed by atoms with van der Waals surface area (Å²) in [6.45, 7) is 4.57. The van der Waals surface area contributed by atoms with E-state index < -0.39 is 0 Å². The van der Waals surface area contributed by atoms with Gasteiger partial charge in [-0.05, 0) is 53.5 Å². The predicted octanol–water partition coefficient (Wildman–Crippen LogP) is 3.82. The van der Waals surface area contributed by atoms with Crippen LogP contribution in [0.15, 0.2) is 47.1 Å². The first-order valence-electron chi connectivity index (χ1n) is 6.12. The fraction of sp³-hybridized carbons (Fsp3) is 0.200. The van der Waals surface area contributed by atoms with Gasteiger partial charge in [0.15, 0.2) is 0 Å². The van der Waals surface area contributed by atoms with E-state index in [4.69, 9.17) is 0 Å². The molecule has 1 amide bonds. The van der Waals surface area contributed by atoms with Crippen LogP contribution in [0.25, 0.3) is 0 Å². The summed E-state index contributed by atoms with van der Waals surface area (Å²) in [7, 11) is 0. The number of halogens is 1. The van der Waals surface area contributed by atoms with Crippen LogP contribution in [0.1, 0.15) is 23.0 Å². The van der Waals surface area contributed by atoms with Crippen molar-refractivity contribution in [3.63, 3.8) is 0 Å². The Labute approximate surface area is 121 Å². The van der Waals surface area contributed by atoms with Gasteiger partial charge in [-0.2, -0.15) is 0 Å². The highest BCUT2D eigenvalue weighted by Gasteiger charge is 2.18. The molecule has 1 heterocycles. The van der Waals surface area contributed by atoms with Gasteiger partial charge >= 0.3 is 0 Å². The predicted molar refractivity (Wildman–Crippen MR) is 80.5 cm³/mol. The van der Waals surface area contributed by atoms with Crippen molar-refractivity contribution in [1.29, 1.82) is 0 Å². The van der Waals surface area contributed by atoms with Gasteiger partial charge in [0.2, 0.25) is 0 Å². The summed E-state index contributed by atoms with van der Waals surface area (Å²) in [6, 6.07) is 11.4. The van der Waals surface area contributed by atoms with E-state index in [1.807, 2.05) is 44.2 Å². The molecule has 0 N–H and O–H groups in total. The highest BCUT2D eigenvalue weighted by Crippen LogP contribution is 2.21. The van der Waals surface area contributed by atoms with Crippen LogP contribution in [0, 0.1) is 6.92 Å². The van der Waals surface area contributed by atoms with Gasteiger partial charge in [0, 0.05) is 22.9 Å². The summed E-state index contributed by atoms with van der Waals surface area (Å²) < 4.78 is 0.864. The van der Waals surface area contributed by atoms with Crippen LogP contribution in [0.4, 0.5) is 5.69 Å². The van der Waals surface area contributed by atoms with E-state index in [-0.39, 0.29) is 5.91 Å². The second kappa shape index (κ2) is 5.97. The van der Waals surface area contributed by atoms with E-state index in [9.17, 15) is 4.79 Å². The molecule has 1 aromatic carbocycles. The second-order valence-corrected chi connectivity index (χ2v) is 5.11. The SMILES string of the molecule is CCN(C(=O)c1ccc(Br)cn1)c1ccccc1C. The van der Waals surface area contributed by atoms with Crippen LogP contribution in [-0.2, 0) is 0 Å². The van der Waals surface area contributed by atoms with Crippen LogP contribution in [0.2, 0.25) is 0 Å². The number of benzene rings is 1. The summed E-state index contributed by atoms with van der Waals surface area (Å²) in [6.07, 6.45) is 1.64. The minimum absolute atomic E-state index is 0.0794. The average molecular weight is 319 g/mol. The summed E-state index contributed by atoms with van der Waals surface area (Å²) >= 11 is 3.32. The number of pyridine rings is 1. The number of aromatic nitrogens is 1. The molecule has 4 heteroatoms. The third-order valence-electron chi connectivity index (χ3n) is 2.91. The molecule has 0 bridgehead atoms. The molecule has 0 aliphatic carbocycles. The summed E-state index contributed by atoms with van der Waals surface area (Å²) in [5.74, 6) is -0.0794. The molecular weight excluding hydrogens is 304 g/mol. The lowest BCUT2D eigenvalue weighted by molar-refractivity contribution is 0.0983. The minimum atomic E-state index is -0.0794. The molecule has 3 nitrogen and oxygen atoms in total. The van der Waals surface area contributed by atoms with Crippen molar-refractivity contribution in [3.05, 3.63) is 58.3 Å². The van der Waals surface area contributed by atoms with E-state index in [1.54, 1.807) is 17.2 Å². The monoisotopic (exact) mass is 318 g/mol. The Hall–Kier alpha value is -1.68. The molecule has 1 aromatic heterocycles. The van der Waals surface area contributed by atoms with Gasteiger partial charge in [-0.25, -0.2) is 4.98 Å². The van der Waals surface area contributed by atoms with E-state index in [2.05, 4.69) is 20.9 Å². The van der Waals surface area contributed by atoms with Crippen molar-refractivity contribution in [3.8, 4) is 0 Å². The number of hydrogen-bond donors (Lipinski definition) is 0. The average Bonchev–Trinajstić information content (AvgIpc) is 2.42. The Morgan fingerprint density at radius 2 is 2.00 bits per heavy atom. The Bertz CT molecular complexity index is 581. The zero-order chi connectivity index (χ0) is 13.8. The molecule has 0 spiro atoms. The van der Waals surface area contributed by atoms with Crippen molar-refractivity contribution in [2.24, 2.45) is 0 Å². The fourth-order valence-electron chi connectivity index (χ4n) is 1.93. The Kier molecular flexibility index (Phi) is 4.32. The molecule has 2 aromatic rings. The van der Waals surface area contributed by atoms with Gasteiger partial charge in [-0.15, -0.1) is 0 Å². The first kappa shape index (κ1) is 13.7. The minimum Gasteiger partial charge on any atom is -0.307 e. The maximum absolute atomic E-state index is 12.5. The van der Waals surface area contributed by atoms with E-state index in [0.29, 0.717) is 12.2 Å². The number of rotatable bonds is 3. The van der Waals surface area contributed by atoms with Crippen LogP contribution in [0.5, 0.6) is 0 Å². The normalized spacial score (nSPS) is 10.3. The molecule has 0 radical (unpaired) electrons. The molecule has 98 valence electrons. The number of amides is 1. The summed E-state index contributed by atoms with van der Waals surface area (Å²) in [4.78, 5) is 18.4. The van der Waals surface area contributed by atoms with Gasteiger partial charge in [0.1, 0.15) is 5.69 Å². The van der Waals surface area contributed by atoms with E-state index in [0.717, 1.165) is 15.7 Å². The smallest absolute Gasteiger partial charge is 0.276 e. The van der Waals surface area contributed by atoms with Crippen molar-refractivity contribution >= 4 is 27.5 Å². The van der Waals surface area contributed by atoms with Gasteiger partial charge < -0.3 is 4.90 Å². The van der Waals surface area contributed by atoms with Crippen LogP contribution < -0.4 is 4.90 Å². The zero-order valence-electron chi connectivity index (χ0n) is 10.9. The van der Waals surface area contributed by atoms with E-state index in [1.165, 1.54) is 0 Å².